The Balaban J connectivity index is 2.25. The fourth-order valence-electron chi connectivity index (χ4n) is 2.18. The highest BCUT2D eigenvalue weighted by molar-refractivity contribution is 5.73. The molecule has 0 saturated carbocycles. The minimum Gasteiger partial charge on any atom is -0.370 e. The number of amides is 1. The molecule has 16 heavy (non-hydrogen) atoms. The van der Waals surface area contributed by atoms with Crippen LogP contribution in [0, 0.1) is 0 Å². The zero-order valence-corrected chi connectivity index (χ0v) is 9.62. The average molecular weight is 222 g/mol. The molecule has 0 radical (unpaired) electrons. The van der Waals surface area contributed by atoms with Crippen LogP contribution in [0.2, 0.25) is 0 Å². The molecule has 3 N–H and O–H groups in total. The molecule has 1 aromatic rings. The van der Waals surface area contributed by atoms with Gasteiger partial charge in [-0.3, -0.25) is 4.79 Å². The molecular formula is C11H18N4O. The Morgan fingerprint density at radius 3 is 3.12 bits per heavy atom. The second-order valence-electron chi connectivity index (χ2n) is 4.07. The standard InChI is InChI=1S/C11H18N4O/c1-2-11-14-8-7-13-5-3-9(8)15(11)6-4-10(12)16/h13H,2-7H2,1H3,(H2,12,16). The molecule has 0 atom stereocenters. The quantitative estimate of drug-likeness (QED) is 0.751. The van der Waals surface area contributed by atoms with Crippen molar-refractivity contribution >= 4 is 5.91 Å². The summed E-state index contributed by atoms with van der Waals surface area (Å²) in [6, 6.07) is 0. The fraction of sp³-hybridized carbons (Fsp3) is 0.636. The van der Waals surface area contributed by atoms with Gasteiger partial charge in [-0.2, -0.15) is 0 Å². The molecule has 1 aromatic heterocycles. The van der Waals surface area contributed by atoms with Crippen molar-refractivity contribution in [1.82, 2.24) is 14.9 Å². The molecule has 88 valence electrons. The Morgan fingerprint density at radius 1 is 1.62 bits per heavy atom. The van der Waals surface area contributed by atoms with Gasteiger partial charge in [0.05, 0.1) is 5.69 Å². The number of fused-ring (bicyclic) bond motifs is 1. The van der Waals surface area contributed by atoms with Gasteiger partial charge in [0.1, 0.15) is 5.82 Å². The minimum absolute atomic E-state index is 0.251. The molecular weight excluding hydrogens is 204 g/mol. The van der Waals surface area contributed by atoms with Gasteiger partial charge in [0, 0.05) is 44.6 Å². The predicted octanol–water partition coefficient (Wildman–Crippen LogP) is -0.0334. The van der Waals surface area contributed by atoms with E-state index in [4.69, 9.17) is 5.73 Å². The highest BCUT2D eigenvalue weighted by Crippen LogP contribution is 2.17. The van der Waals surface area contributed by atoms with Crippen LogP contribution in [0.5, 0.6) is 0 Å². The Bertz CT molecular complexity index is 397. The topological polar surface area (TPSA) is 72.9 Å². The van der Waals surface area contributed by atoms with Crippen LogP contribution < -0.4 is 11.1 Å². The van der Waals surface area contributed by atoms with Crippen molar-refractivity contribution in [3.8, 4) is 0 Å². The van der Waals surface area contributed by atoms with E-state index >= 15 is 0 Å². The van der Waals surface area contributed by atoms with Crippen LogP contribution in [-0.2, 0) is 30.7 Å². The summed E-state index contributed by atoms with van der Waals surface area (Å²) in [4.78, 5) is 15.4. The lowest BCUT2D eigenvalue weighted by atomic mass is 10.2. The van der Waals surface area contributed by atoms with E-state index in [2.05, 4.69) is 21.8 Å². The van der Waals surface area contributed by atoms with Crippen LogP contribution in [0.1, 0.15) is 30.6 Å². The van der Waals surface area contributed by atoms with Crippen LogP contribution in [0.15, 0.2) is 0 Å². The normalized spacial score (nSPS) is 14.8. The van der Waals surface area contributed by atoms with Gasteiger partial charge in [-0.25, -0.2) is 4.98 Å². The van der Waals surface area contributed by atoms with E-state index in [1.165, 1.54) is 5.69 Å². The third kappa shape index (κ3) is 2.09. The van der Waals surface area contributed by atoms with Crippen molar-refractivity contribution < 1.29 is 4.79 Å². The van der Waals surface area contributed by atoms with E-state index in [9.17, 15) is 4.79 Å². The number of nitrogens with zero attached hydrogens (tertiary/aromatic N) is 2. The van der Waals surface area contributed by atoms with E-state index in [-0.39, 0.29) is 5.91 Å². The van der Waals surface area contributed by atoms with Crippen molar-refractivity contribution in [1.29, 1.82) is 0 Å². The number of rotatable bonds is 4. The molecule has 1 amide bonds. The smallest absolute Gasteiger partial charge is 0.219 e. The maximum absolute atomic E-state index is 10.8. The van der Waals surface area contributed by atoms with E-state index in [0.717, 1.165) is 37.4 Å². The van der Waals surface area contributed by atoms with Gasteiger partial charge in [0.25, 0.3) is 0 Å². The highest BCUT2D eigenvalue weighted by Gasteiger charge is 2.18. The van der Waals surface area contributed by atoms with Gasteiger partial charge in [-0.15, -0.1) is 0 Å². The molecule has 0 aliphatic carbocycles. The minimum atomic E-state index is -0.251. The van der Waals surface area contributed by atoms with Gasteiger partial charge < -0.3 is 15.6 Å². The fourth-order valence-corrected chi connectivity index (χ4v) is 2.18. The first-order valence-electron chi connectivity index (χ1n) is 5.78. The lowest BCUT2D eigenvalue weighted by Crippen LogP contribution is -2.25. The molecule has 0 unspecified atom stereocenters. The Hall–Kier alpha value is -1.36. The van der Waals surface area contributed by atoms with E-state index in [1.807, 2.05) is 0 Å². The van der Waals surface area contributed by atoms with Gasteiger partial charge in [-0.1, -0.05) is 6.92 Å². The summed E-state index contributed by atoms with van der Waals surface area (Å²) in [6.45, 7) is 4.58. The SMILES string of the molecule is CCc1nc2c(n1CCC(N)=O)CCNC2. The zero-order valence-electron chi connectivity index (χ0n) is 9.62. The number of nitrogens with two attached hydrogens (primary N) is 1. The molecule has 2 heterocycles. The molecule has 2 rings (SSSR count). The highest BCUT2D eigenvalue weighted by atomic mass is 16.1. The molecule has 5 heteroatoms. The van der Waals surface area contributed by atoms with E-state index in [1.54, 1.807) is 0 Å². The number of imidazole rings is 1. The number of nitrogens with one attached hydrogen (secondary N) is 1. The first-order valence-corrected chi connectivity index (χ1v) is 5.78. The molecule has 1 aliphatic rings. The van der Waals surface area contributed by atoms with Gasteiger partial charge in [-0.05, 0) is 0 Å². The zero-order chi connectivity index (χ0) is 11.5. The number of carbonyl (C=O) groups is 1. The van der Waals surface area contributed by atoms with Gasteiger partial charge >= 0.3 is 0 Å². The van der Waals surface area contributed by atoms with Crippen molar-refractivity contribution in [3.63, 3.8) is 0 Å². The van der Waals surface area contributed by atoms with Gasteiger partial charge in [0.2, 0.25) is 5.91 Å². The number of hydrogen-bond donors (Lipinski definition) is 2. The third-order valence-electron chi connectivity index (χ3n) is 2.96. The summed E-state index contributed by atoms with van der Waals surface area (Å²) in [5.41, 5.74) is 7.60. The Kier molecular flexibility index (Phi) is 3.24. The molecule has 0 aromatic carbocycles. The number of carbonyl (C=O) groups excluding carboxylic acids is 1. The maximum Gasteiger partial charge on any atom is 0.219 e. The van der Waals surface area contributed by atoms with Crippen molar-refractivity contribution in [3.05, 3.63) is 17.2 Å². The molecule has 5 nitrogen and oxygen atoms in total. The summed E-state index contributed by atoms with van der Waals surface area (Å²) in [5.74, 6) is 0.813. The first-order chi connectivity index (χ1) is 7.72. The maximum atomic E-state index is 10.8. The lowest BCUT2D eigenvalue weighted by Gasteiger charge is -2.15. The van der Waals surface area contributed by atoms with Crippen LogP contribution in [0.25, 0.3) is 0 Å². The Labute approximate surface area is 95.0 Å². The van der Waals surface area contributed by atoms with Gasteiger partial charge in [0.15, 0.2) is 0 Å². The van der Waals surface area contributed by atoms with E-state index in [0.29, 0.717) is 13.0 Å². The second kappa shape index (κ2) is 4.65. The molecule has 0 bridgehead atoms. The molecule has 0 fully saturated rings. The van der Waals surface area contributed by atoms with Crippen LogP contribution in [0.3, 0.4) is 0 Å². The predicted molar refractivity (Wildman–Crippen MR) is 60.8 cm³/mol. The summed E-state index contributed by atoms with van der Waals surface area (Å²) in [7, 11) is 0. The lowest BCUT2D eigenvalue weighted by molar-refractivity contribution is -0.118. The number of primary amides is 1. The molecule has 0 spiro atoms. The second-order valence-corrected chi connectivity index (χ2v) is 4.07. The van der Waals surface area contributed by atoms with Crippen molar-refractivity contribution in [2.45, 2.75) is 39.3 Å². The van der Waals surface area contributed by atoms with Crippen LogP contribution in [-0.4, -0.2) is 22.0 Å². The van der Waals surface area contributed by atoms with Crippen molar-refractivity contribution in [2.24, 2.45) is 5.73 Å². The third-order valence-corrected chi connectivity index (χ3v) is 2.96. The van der Waals surface area contributed by atoms with Crippen molar-refractivity contribution in [2.75, 3.05) is 6.54 Å². The number of hydrogen-bond acceptors (Lipinski definition) is 3. The summed E-state index contributed by atoms with van der Waals surface area (Å²) >= 11 is 0. The van der Waals surface area contributed by atoms with Crippen LogP contribution in [0.4, 0.5) is 0 Å². The summed E-state index contributed by atoms with van der Waals surface area (Å²) < 4.78 is 2.17. The number of aromatic nitrogens is 2. The molecule has 1 aliphatic heterocycles. The monoisotopic (exact) mass is 222 g/mol. The summed E-state index contributed by atoms with van der Waals surface area (Å²) in [5, 5.41) is 3.30. The number of aryl methyl sites for hydroxylation is 1. The average Bonchev–Trinajstić information content (AvgIpc) is 2.64. The largest absolute Gasteiger partial charge is 0.370 e. The molecule has 0 saturated heterocycles. The van der Waals surface area contributed by atoms with E-state index < -0.39 is 0 Å². The Morgan fingerprint density at radius 2 is 2.44 bits per heavy atom. The summed E-state index contributed by atoms with van der Waals surface area (Å²) in [6.07, 6.45) is 2.27. The van der Waals surface area contributed by atoms with Crippen LogP contribution >= 0.6 is 0 Å². The first kappa shape index (κ1) is 11.1.